The first-order valence-electron chi connectivity index (χ1n) is 10.3. The molecular weight excluding hydrogens is 431 g/mol. The Balaban J connectivity index is 1.39. The summed E-state index contributed by atoms with van der Waals surface area (Å²) in [6.07, 6.45) is 5.02. The summed E-state index contributed by atoms with van der Waals surface area (Å²) in [6.45, 7) is 1.11. The van der Waals surface area contributed by atoms with Gasteiger partial charge in [-0.2, -0.15) is 0 Å². The van der Waals surface area contributed by atoms with Crippen LogP contribution in [-0.4, -0.2) is 32.0 Å². The molecule has 162 valence electrons. The van der Waals surface area contributed by atoms with E-state index in [1.807, 2.05) is 18.2 Å². The average molecular weight is 451 g/mol. The molecular formula is C23H20ClFN6O. The Bertz CT molecular complexity index is 1280. The summed E-state index contributed by atoms with van der Waals surface area (Å²) >= 11 is 5.81. The Kier molecular flexibility index (Phi) is 5.45. The summed E-state index contributed by atoms with van der Waals surface area (Å²) in [6, 6.07) is 13.9. The summed E-state index contributed by atoms with van der Waals surface area (Å²) in [7, 11) is 0. The van der Waals surface area contributed by atoms with E-state index in [4.69, 9.17) is 16.7 Å². The molecule has 4 aromatic rings. The zero-order chi connectivity index (χ0) is 22.1. The number of carbonyl (C=O) groups is 1. The van der Waals surface area contributed by atoms with Gasteiger partial charge in [0.05, 0.1) is 12.2 Å². The molecule has 1 saturated heterocycles. The highest BCUT2D eigenvalue weighted by atomic mass is 35.5. The maximum absolute atomic E-state index is 13.8. The molecule has 0 bridgehead atoms. The SMILES string of the molecule is O=C(NCc1ccc(Cl)nc1)c1cnc2ccc(N3CCCC3c3cccc(F)c3)nn12. The standard InChI is InChI=1S/C23H20ClFN6O/c24-20-7-6-15(12-26-20)13-28-23(32)19-14-27-21-8-9-22(29-31(19)21)30-10-2-5-18(30)16-3-1-4-17(25)11-16/h1,3-4,6-9,11-12,14,18H,2,5,10,13H2,(H,28,32). The Labute approximate surface area is 188 Å². The predicted octanol–water partition coefficient (Wildman–Crippen LogP) is 4.19. The normalized spacial score (nSPS) is 15.9. The summed E-state index contributed by atoms with van der Waals surface area (Å²) in [4.78, 5) is 23.3. The van der Waals surface area contributed by atoms with Crippen molar-refractivity contribution in [3.8, 4) is 0 Å². The van der Waals surface area contributed by atoms with Crippen molar-refractivity contribution in [3.05, 3.63) is 88.7 Å². The molecule has 7 nitrogen and oxygen atoms in total. The number of hydrogen-bond acceptors (Lipinski definition) is 5. The van der Waals surface area contributed by atoms with E-state index in [0.717, 1.165) is 36.3 Å². The quantitative estimate of drug-likeness (QED) is 0.461. The van der Waals surface area contributed by atoms with Gasteiger partial charge in [-0.05, 0) is 54.3 Å². The molecule has 9 heteroatoms. The van der Waals surface area contributed by atoms with E-state index in [9.17, 15) is 9.18 Å². The van der Waals surface area contributed by atoms with E-state index in [1.165, 1.54) is 12.3 Å². The minimum absolute atomic E-state index is 0.0360. The minimum Gasteiger partial charge on any atom is -0.348 e. The van der Waals surface area contributed by atoms with Crippen molar-refractivity contribution in [1.82, 2.24) is 24.9 Å². The number of carbonyl (C=O) groups excluding carboxylic acids is 1. The number of hydrogen-bond donors (Lipinski definition) is 1. The molecule has 1 aliphatic heterocycles. The summed E-state index contributed by atoms with van der Waals surface area (Å²) < 4.78 is 15.3. The first kappa shape index (κ1) is 20.4. The van der Waals surface area contributed by atoms with Crippen LogP contribution in [0, 0.1) is 5.82 Å². The monoisotopic (exact) mass is 450 g/mol. The van der Waals surface area contributed by atoms with E-state index in [-0.39, 0.29) is 17.8 Å². The van der Waals surface area contributed by atoms with E-state index in [0.29, 0.717) is 23.0 Å². The smallest absolute Gasteiger partial charge is 0.271 e. The number of rotatable bonds is 5. The topological polar surface area (TPSA) is 75.4 Å². The Morgan fingerprint density at radius 3 is 2.88 bits per heavy atom. The number of pyridine rings is 1. The molecule has 1 N–H and O–H groups in total. The van der Waals surface area contributed by atoms with Crippen LogP contribution in [0.5, 0.6) is 0 Å². The van der Waals surface area contributed by atoms with Crippen LogP contribution >= 0.6 is 11.6 Å². The molecule has 1 atom stereocenters. The van der Waals surface area contributed by atoms with Crippen molar-refractivity contribution in [1.29, 1.82) is 0 Å². The number of imidazole rings is 1. The van der Waals surface area contributed by atoms with Crippen LogP contribution in [0.4, 0.5) is 10.2 Å². The highest BCUT2D eigenvalue weighted by Crippen LogP contribution is 2.35. The Hall–Kier alpha value is -3.52. The second-order valence-corrected chi connectivity index (χ2v) is 8.07. The molecule has 32 heavy (non-hydrogen) atoms. The number of nitrogens with one attached hydrogen (secondary N) is 1. The van der Waals surface area contributed by atoms with Gasteiger partial charge in [0.15, 0.2) is 11.3 Å². The maximum atomic E-state index is 13.8. The summed E-state index contributed by atoms with van der Waals surface area (Å²) in [5.41, 5.74) is 2.67. The van der Waals surface area contributed by atoms with E-state index in [1.54, 1.807) is 35.0 Å². The van der Waals surface area contributed by atoms with Gasteiger partial charge < -0.3 is 10.2 Å². The molecule has 5 rings (SSSR count). The lowest BCUT2D eigenvalue weighted by molar-refractivity contribution is 0.0944. The Morgan fingerprint density at radius 1 is 1.16 bits per heavy atom. The lowest BCUT2D eigenvalue weighted by atomic mass is 10.0. The number of fused-ring (bicyclic) bond motifs is 1. The summed E-state index contributed by atoms with van der Waals surface area (Å²) in [5, 5.41) is 7.96. The van der Waals surface area contributed by atoms with Crippen LogP contribution in [0.2, 0.25) is 5.15 Å². The van der Waals surface area contributed by atoms with Crippen molar-refractivity contribution in [3.63, 3.8) is 0 Å². The molecule has 1 aliphatic rings. The molecule has 1 fully saturated rings. The zero-order valence-electron chi connectivity index (χ0n) is 17.1. The van der Waals surface area contributed by atoms with Crippen molar-refractivity contribution < 1.29 is 9.18 Å². The zero-order valence-corrected chi connectivity index (χ0v) is 17.8. The maximum Gasteiger partial charge on any atom is 0.271 e. The fourth-order valence-corrected chi connectivity index (χ4v) is 4.17. The highest BCUT2D eigenvalue weighted by molar-refractivity contribution is 6.29. The first-order chi connectivity index (χ1) is 15.6. The third-order valence-electron chi connectivity index (χ3n) is 5.60. The fraction of sp³-hybridized carbons (Fsp3) is 0.217. The Morgan fingerprint density at radius 2 is 2.06 bits per heavy atom. The van der Waals surface area contributed by atoms with Crippen LogP contribution in [0.15, 0.2) is 60.9 Å². The van der Waals surface area contributed by atoms with Gasteiger partial charge in [-0.25, -0.2) is 18.9 Å². The average Bonchev–Trinajstić information content (AvgIpc) is 3.45. The molecule has 1 amide bonds. The van der Waals surface area contributed by atoms with Crippen molar-refractivity contribution in [2.45, 2.75) is 25.4 Å². The molecule has 0 spiro atoms. The van der Waals surface area contributed by atoms with Gasteiger partial charge in [-0.15, -0.1) is 5.10 Å². The lowest BCUT2D eigenvalue weighted by Gasteiger charge is -2.26. The number of anilines is 1. The van der Waals surface area contributed by atoms with Gasteiger partial charge in [0.25, 0.3) is 5.91 Å². The number of nitrogens with zero attached hydrogens (tertiary/aromatic N) is 5. The van der Waals surface area contributed by atoms with Gasteiger partial charge >= 0.3 is 0 Å². The molecule has 1 aromatic carbocycles. The number of halogens is 2. The van der Waals surface area contributed by atoms with Gasteiger partial charge in [-0.3, -0.25) is 4.79 Å². The van der Waals surface area contributed by atoms with Crippen molar-refractivity contribution in [2.75, 3.05) is 11.4 Å². The van der Waals surface area contributed by atoms with Gasteiger partial charge in [-0.1, -0.05) is 29.8 Å². The van der Waals surface area contributed by atoms with E-state index < -0.39 is 0 Å². The predicted molar refractivity (Wildman–Crippen MR) is 119 cm³/mol. The van der Waals surface area contributed by atoms with Crippen LogP contribution in [-0.2, 0) is 6.54 Å². The largest absolute Gasteiger partial charge is 0.348 e. The van der Waals surface area contributed by atoms with Gasteiger partial charge in [0.2, 0.25) is 0 Å². The molecule has 0 aliphatic carbocycles. The van der Waals surface area contributed by atoms with Gasteiger partial charge in [0, 0.05) is 19.3 Å². The van der Waals surface area contributed by atoms with Gasteiger partial charge in [0.1, 0.15) is 16.8 Å². The van der Waals surface area contributed by atoms with Crippen LogP contribution in [0.1, 0.15) is 40.5 Å². The van der Waals surface area contributed by atoms with Crippen molar-refractivity contribution >= 4 is 29.0 Å². The minimum atomic E-state index is -0.291. The van der Waals surface area contributed by atoms with E-state index >= 15 is 0 Å². The second kappa shape index (κ2) is 8.55. The third kappa shape index (κ3) is 4.01. The molecule has 4 heterocycles. The van der Waals surface area contributed by atoms with Crippen LogP contribution < -0.4 is 10.2 Å². The molecule has 0 saturated carbocycles. The second-order valence-electron chi connectivity index (χ2n) is 7.68. The summed E-state index contributed by atoms with van der Waals surface area (Å²) in [5.74, 6) is 0.181. The van der Waals surface area contributed by atoms with E-state index in [2.05, 4.69) is 20.2 Å². The van der Waals surface area contributed by atoms with Crippen LogP contribution in [0.3, 0.4) is 0 Å². The van der Waals surface area contributed by atoms with Crippen LogP contribution in [0.25, 0.3) is 5.65 Å². The third-order valence-corrected chi connectivity index (χ3v) is 5.83. The van der Waals surface area contributed by atoms with Crippen molar-refractivity contribution in [2.24, 2.45) is 0 Å². The lowest BCUT2D eigenvalue weighted by Crippen LogP contribution is -2.26. The number of amides is 1. The number of aromatic nitrogens is 4. The molecule has 0 radical (unpaired) electrons. The molecule has 1 unspecified atom stereocenters. The number of benzene rings is 1. The first-order valence-corrected chi connectivity index (χ1v) is 10.7. The highest BCUT2D eigenvalue weighted by Gasteiger charge is 2.28. The fourth-order valence-electron chi connectivity index (χ4n) is 4.06. The molecule has 3 aromatic heterocycles.